The third kappa shape index (κ3) is 1.60. The maximum Gasteiger partial charge on any atom is 0.0864 e. The SMILES string of the molecule is S=C1C[C@@H]2SCC(c3ccccc3)=CN12. The molecule has 1 saturated heterocycles. The zero-order chi connectivity index (χ0) is 10.3. The third-order valence-corrected chi connectivity index (χ3v) is 4.45. The van der Waals surface area contributed by atoms with E-state index in [0.29, 0.717) is 5.37 Å². The summed E-state index contributed by atoms with van der Waals surface area (Å²) < 4.78 is 0. The molecule has 0 aromatic heterocycles. The van der Waals surface area contributed by atoms with Crippen molar-refractivity contribution in [2.45, 2.75) is 11.8 Å². The van der Waals surface area contributed by atoms with Crippen LogP contribution in [0.2, 0.25) is 0 Å². The van der Waals surface area contributed by atoms with Crippen LogP contribution < -0.4 is 0 Å². The highest BCUT2D eigenvalue weighted by Gasteiger charge is 2.34. The van der Waals surface area contributed by atoms with E-state index in [1.807, 2.05) is 11.8 Å². The van der Waals surface area contributed by atoms with Gasteiger partial charge in [-0.2, -0.15) is 0 Å². The lowest BCUT2D eigenvalue weighted by Crippen LogP contribution is -2.47. The molecule has 1 fully saturated rings. The second kappa shape index (κ2) is 3.65. The molecule has 2 aliphatic rings. The van der Waals surface area contributed by atoms with Crippen LogP contribution in [0.15, 0.2) is 36.5 Å². The van der Waals surface area contributed by atoms with Gasteiger partial charge >= 0.3 is 0 Å². The van der Waals surface area contributed by atoms with Gasteiger partial charge in [-0.15, -0.1) is 11.8 Å². The molecular weight excluding hydrogens is 222 g/mol. The highest BCUT2D eigenvalue weighted by atomic mass is 32.2. The summed E-state index contributed by atoms with van der Waals surface area (Å²) in [6.45, 7) is 0. The molecule has 1 atom stereocenters. The Hall–Kier alpha value is -0.800. The molecule has 3 heteroatoms. The van der Waals surface area contributed by atoms with Crippen molar-refractivity contribution in [2.24, 2.45) is 0 Å². The maximum absolute atomic E-state index is 5.25. The summed E-state index contributed by atoms with van der Waals surface area (Å²) in [5, 5.41) is 0.616. The minimum Gasteiger partial charge on any atom is -0.329 e. The van der Waals surface area contributed by atoms with Crippen molar-refractivity contribution < 1.29 is 0 Å². The van der Waals surface area contributed by atoms with Gasteiger partial charge in [-0.05, 0) is 11.1 Å². The molecule has 0 unspecified atom stereocenters. The van der Waals surface area contributed by atoms with Crippen LogP contribution in [0.4, 0.5) is 0 Å². The normalized spacial score (nSPS) is 24.3. The molecule has 1 aromatic rings. The van der Waals surface area contributed by atoms with E-state index in [0.717, 1.165) is 17.2 Å². The minimum atomic E-state index is 0.616. The highest BCUT2D eigenvalue weighted by molar-refractivity contribution is 8.00. The van der Waals surface area contributed by atoms with Gasteiger partial charge < -0.3 is 4.90 Å². The van der Waals surface area contributed by atoms with Gasteiger partial charge in [-0.1, -0.05) is 42.5 Å². The van der Waals surface area contributed by atoms with Gasteiger partial charge in [0.05, 0.1) is 10.4 Å². The predicted octanol–water partition coefficient (Wildman–Crippen LogP) is 3.13. The Labute approximate surface area is 99.2 Å². The average Bonchev–Trinajstić information content (AvgIpc) is 2.29. The first-order valence-electron chi connectivity index (χ1n) is 5.03. The van der Waals surface area contributed by atoms with Crippen molar-refractivity contribution in [2.75, 3.05) is 5.75 Å². The lowest BCUT2D eigenvalue weighted by Gasteiger charge is -2.43. The lowest BCUT2D eigenvalue weighted by atomic mass is 10.1. The number of hydrogen-bond acceptors (Lipinski definition) is 2. The van der Waals surface area contributed by atoms with E-state index in [2.05, 4.69) is 41.4 Å². The summed E-state index contributed by atoms with van der Waals surface area (Å²) in [7, 11) is 0. The van der Waals surface area contributed by atoms with E-state index in [1.165, 1.54) is 11.1 Å². The van der Waals surface area contributed by atoms with Gasteiger partial charge in [0.25, 0.3) is 0 Å². The molecule has 0 bridgehead atoms. The van der Waals surface area contributed by atoms with Crippen LogP contribution in [-0.2, 0) is 0 Å². The molecule has 0 radical (unpaired) electrons. The fraction of sp³-hybridized carbons (Fsp3) is 0.250. The van der Waals surface area contributed by atoms with Crippen LogP contribution in [-0.4, -0.2) is 21.0 Å². The number of thiocarbonyl (C=S) groups is 1. The highest BCUT2D eigenvalue weighted by Crippen LogP contribution is 2.38. The smallest absolute Gasteiger partial charge is 0.0864 e. The third-order valence-electron chi connectivity index (χ3n) is 2.82. The molecule has 1 aromatic carbocycles. The summed E-state index contributed by atoms with van der Waals surface area (Å²) in [5.74, 6) is 1.10. The molecule has 0 amide bonds. The monoisotopic (exact) mass is 233 g/mol. The van der Waals surface area contributed by atoms with Crippen molar-refractivity contribution >= 4 is 34.5 Å². The number of benzene rings is 1. The second-order valence-corrected chi connectivity index (χ2v) is 5.43. The van der Waals surface area contributed by atoms with Crippen LogP contribution in [0.3, 0.4) is 0 Å². The van der Waals surface area contributed by atoms with Crippen molar-refractivity contribution in [3.8, 4) is 0 Å². The zero-order valence-corrected chi connectivity index (χ0v) is 9.85. The van der Waals surface area contributed by atoms with Gasteiger partial charge in [0.15, 0.2) is 0 Å². The average molecular weight is 233 g/mol. The molecule has 1 nitrogen and oxygen atoms in total. The molecule has 15 heavy (non-hydrogen) atoms. The summed E-state index contributed by atoms with van der Waals surface area (Å²) in [5.41, 5.74) is 2.71. The van der Waals surface area contributed by atoms with Crippen LogP contribution in [0.1, 0.15) is 12.0 Å². The summed E-state index contributed by atoms with van der Waals surface area (Å²) in [4.78, 5) is 3.31. The first kappa shape index (κ1) is 9.43. The first-order chi connectivity index (χ1) is 7.34. The number of hydrogen-bond donors (Lipinski definition) is 0. The van der Waals surface area contributed by atoms with Crippen LogP contribution >= 0.6 is 24.0 Å². The molecular formula is C12H11NS2. The summed E-state index contributed by atoms with van der Waals surface area (Å²) >= 11 is 7.24. The van der Waals surface area contributed by atoms with Crippen molar-refractivity contribution in [3.05, 3.63) is 42.1 Å². The molecule has 0 N–H and O–H groups in total. The summed E-state index contributed by atoms with van der Waals surface area (Å²) in [6, 6.07) is 10.5. The van der Waals surface area contributed by atoms with Gasteiger partial charge in [0.2, 0.25) is 0 Å². The Morgan fingerprint density at radius 1 is 1.27 bits per heavy atom. The predicted molar refractivity (Wildman–Crippen MR) is 69.7 cm³/mol. The van der Waals surface area contributed by atoms with Crippen LogP contribution in [0, 0.1) is 0 Å². The van der Waals surface area contributed by atoms with Gasteiger partial charge in [-0.3, -0.25) is 0 Å². The number of thioether (sulfide) groups is 1. The van der Waals surface area contributed by atoms with Crippen LogP contribution in [0.5, 0.6) is 0 Å². The fourth-order valence-corrected chi connectivity index (χ4v) is 3.64. The van der Waals surface area contributed by atoms with Gasteiger partial charge in [0, 0.05) is 18.4 Å². The second-order valence-electron chi connectivity index (χ2n) is 3.79. The first-order valence-corrected chi connectivity index (χ1v) is 6.49. The molecule has 0 saturated carbocycles. The zero-order valence-electron chi connectivity index (χ0n) is 8.22. The molecule has 76 valence electrons. The van der Waals surface area contributed by atoms with E-state index in [4.69, 9.17) is 12.2 Å². The quantitative estimate of drug-likeness (QED) is 0.686. The van der Waals surface area contributed by atoms with E-state index in [9.17, 15) is 0 Å². The molecule has 2 heterocycles. The molecule has 0 aliphatic carbocycles. The maximum atomic E-state index is 5.25. The topological polar surface area (TPSA) is 3.24 Å². The molecule has 0 spiro atoms. The van der Waals surface area contributed by atoms with Crippen LogP contribution in [0.25, 0.3) is 5.57 Å². The number of rotatable bonds is 1. The van der Waals surface area contributed by atoms with E-state index < -0.39 is 0 Å². The Bertz CT molecular complexity index is 425. The largest absolute Gasteiger partial charge is 0.329 e. The van der Waals surface area contributed by atoms with Crippen molar-refractivity contribution in [1.29, 1.82) is 0 Å². The Morgan fingerprint density at radius 3 is 2.80 bits per heavy atom. The Balaban J connectivity index is 1.91. The van der Waals surface area contributed by atoms with E-state index in [-0.39, 0.29) is 0 Å². The fourth-order valence-electron chi connectivity index (χ4n) is 1.90. The van der Waals surface area contributed by atoms with Gasteiger partial charge in [-0.25, -0.2) is 0 Å². The van der Waals surface area contributed by atoms with Gasteiger partial charge in [0.1, 0.15) is 0 Å². The standard InChI is InChI=1S/C12H11NS2/c14-11-6-12-13(11)7-10(8-15-12)9-4-2-1-3-5-9/h1-5,7,12H,6,8H2/t12-/m0/s1. The Kier molecular flexibility index (Phi) is 2.29. The van der Waals surface area contributed by atoms with Crippen molar-refractivity contribution in [1.82, 2.24) is 4.90 Å². The minimum absolute atomic E-state index is 0.616. The summed E-state index contributed by atoms with van der Waals surface area (Å²) in [6.07, 6.45) is 3.31. The lowest BCUT2D eigenvalue weighted by molar-refractivity contribution is 0.447. The molecule has 3 rings (SSSR count). The van der Waals surface area contributed by atoms with E-state index >= 15 is 0 Å². The number of nitrogens with zero attached hydrogens (tertiary/aromatic N) is 1. The molecule has 2 aliphatic heterocycles. The Morgan fingerprint density at radius 2 is 2.07 bits per heavy atom. The van der Waals surface area contributed by atoms with E-state index in [1.54, 1.807) is 0 Å². The van der Waals surface area contributed by atoms with Crippen molar-refractivity contribution in [3.63, 3.8) is 0 Å². The number of fused-ring (bicyclic) bond motifs is 1.